The molecule has 0 fully saturated rings. The van der Waals surface area contributed by atoms with Crippen LogP contribution in [-0.2, 0) is 27.5 Å². The van der Waals surface area contributed by atoms with Gasteiger partial charge in [-0.25, -0.2) is 4.79 Å². The first-order valence-electron chi connectivity index (χ1n) is 14.1. The van der Waals surface area contributed by atoms with E-state index in [9.17, 15) is 19.7 Å². The fraction of sp³-hybridized carbons (Fsp3) is 0.294. The first-order chi connectivity index (χ1) is 21.2. The molecule has 2 aromatic carbocycles. The molecule has 1 atom stereocenters. The molecule has 1 N–H and O–H groups in total. The molecule has 3 rings (SSSR count). The van der Waals surface area contributed by atoms with E-state index in [2.05, 4.69) is 11.9 Å². The van der Waals surface area contributed by atoms with Gasteiger partial charge in [0.2, 0.25) is 0 Å². The molecule has 1 unspecified atom stereocenters. The van der Waals surface area contributed by atoms with Crippen molar-refractivity contribution >= 4 is 34.9 Å². The molecule has 1 heterocycles. The Balaban J connectivity index is 1.83. The van der Waals surface area contributed by atoms with Crippen LogP contribution in [0.25, 0.3) is 16.9 Å². The van der Waals surface area contributed by atoms with E-state index < -0.39 is 16.9 Å². The third-order valence-corrected chi connectivity index (χ3v) is 7.48. The van der Waals surface area contributed by atoms with Crippen molar-refractivity contribution in [1.29, 1.82) is 0 Å². The lowest BCUT2D eigenvalue weighted by Gasteiger charge is -2.19. The number of nitrogens with one attached hydrogen (secondary N) is 1. The standard InChI is InChI=1S/C34H38N2O7S/c1-6-8-10-23(3)28(7-2)30-19-24(13-15-29(30)33(37)35-31(17-18-44-5)34(38)41-4)21-42-22-27-14-16-32(43-27)25-11-9-12-26(20-25)36(39)40/h6-7,9-16,19-20,31H,1,8,17-18,21-22H2,2-5H3,(H,35,37)/b23-10-,28-7+. The molecule has 0 aliphatic carbocycles. The van der Waals surface area contributed by atoms with Gasteiger partial charge in [-0.15, -0.1) is 6.58 Å². The summed E-state index contributed by atoms with van der Waals surface area (Å²) in [4.78, 5) is 36.6. The molecular weight excluding hydrogens is 580 g/mol. The zero-order valence-electron chi connectivity index (χ0n) is 25.5. The van der Waals surface area contributed by atoms with Gasteiger partial charge in [0, 0.05) is 23.3 Å². The minimum atomic E-state index is -0.762. The first kappa shape index (κ1) is 34.1. The number of hydrogen-bond acceptors (Lipinski definition) is 8. The molecule has 1 amide bonds. The van der Waals surface area contributed by atoms with Gasteiger partial charge in [-0.05, 0) is 85.2 Å². The van der Waals surface area contributed by atoms with Crippen molar-refractivity contribution in [3.63, 3.8) is 0 Å². The quantitative estimate of drug-likeness (QED) is 0.0575. The first-order valence-corrected chi connectivity index (χ1v) is 15.5. The van der Waals surface area contributed by atoms with Gasteiger partial charge in [0.05, 0.1) is 18.6 Å². The SMILES string of the molecule is C=CC/C=C(C)\C(=C/C)c1cc(COCc2ccc(-c3cccc([N+](=O)[O-])c3)o2)ccc1C(=O)NC(CCSC)C(=O)OC. The Morgan fingerprint density at radius 3 is 2.61 bits per heavy atom. The van der Waals surface area contributed by atoms with E-state index in [0.29, 0.717) is 46.8 Å². The zero-order valence-corrected chi connectivity index (χ0v) is 26.3. The third-order valence-electron chi connectivity index (χ3n) is 6.84. The molecule has 0 saturated heterocycles. The van der Waals surface area contributed by atoms with E-state index in [1.165, 1.54) is 19.2 Å². The normalized spacial score (nSPS) is 12.5. The summed E-state index contributed by atoms with van der Waals surface area (Å²) in [5.41, 5.74) is 4.43. The Bertz CT molecular complexity index is 1540. The molecule has 0 bridgehead atoms. The number of amides is 1. The number of methoxy groups -OCH3 is 1. The van der Waals surface area contributed by atoms with E-state index in [1.807, 2.05) is 44.4 Å². The number of furan rings is 1. The van der Waals surface area contributed by atoms with Crippen LogP contribution in [-0.4, -0.2) is 42.0 Å². The molecule has 44 heavy (non-hydrogen) atoms. The Morgan fingerprint density at radius 1 is 1.14 bits per heavy atom. The summed E-state index contributed by atoms with van der Waals surface area (Å²) in [6.45, 7) is 8.11. The lowest BCUT2D eigenvalue weighted by atomic mass is 9.91. The molecule has 1 aromatic heterocycles. The zero-order chi connectivity index (χ0) is 32.1. The second kappa shape index (κ2) is 17.0. The van der Waals surface area contributed by atoms with Crippen molar-refractivity contribution in [1.82, 2.24) is 5.32 Å². The lowest BCUT2D eigenvalue weighted by Crippen LogP contribution is -2.42. The summed E-state index contributed by atoms with van der Waals surface area (Å²) >= 11 is 1.58. The van der Waals surface area contributed by atoms with Crippen molar-refractivity contribution in [2.45, 2.75) is 45.9 Å². The lowest BCUT2D eigenvalue weighted by molar-refractivity contribution is -0.384. The van der Waals surface area contributed by atoms with E-state index in [0.717, 1.165) is 16.7 Å². The maximum Gasteiger partial charge on any atom is 0.328 e. The smallest absolute Gasteiger partial charge is 0.328 e. The minimum absolute atomic E-state index is 0.0134. The van der Waals surface area contributed by atoms with Gasteiger partial charge in [0.1, 0.15) is 24.2 Å². The maximum atomic E-state index is 13.5. The molecular formula is C34H38N2O7S. The second-order valence-corrected chi connectivity index (χ2v) is 10.9. The van der Waals surface area contributed by atoms with E-state index in [1.54, 1.807) is 48.2 Å². The number of non-ortho nitro benzene ring substituents is 1. The highest BCUT2D eigenvalue weighted by Crippen LogP contribution is 2.29. The van der Waals surface area contributed by atoms with Gasteiger partial charge < -0.3 is 19.2 Å². The number of allylic oxidation sites excluding steroid dienone is 5. The Labute approximate surface area is 262 Å². The molecule has 0 radical (unpaired) electrons. The molecule has 232 valence electrons. The average molecular weight is 619 g/mol. The summed E-state index contributed by atoms with van der Waals surface area (Å²) < 4.78 is 16.7. The number of nitro benzene ring substituents is 1. The largest absolute Gasteiger partial charge is 0.467 e. The monoisotopic (exact) mass is 618 g/mol. The average Bonchev–Trinajstić information content (AvgIpc) is 3.51. The third kappa shape index (κ3) is 9.29. The number of hydrogen-bond donors (Lipinski definition) is 1. The van der Waals surface area contributed by atoms with Crippen LogP contribution in [0, 0.1) is 10.1 Å². The van der Waals surface area contributed by atoms with Gasteiger partial charge in [-0.2, -0.15) is 11.8 Å². The second-order valence-electron chi connectivity index (χ2n) is 9.89. The number of esters is 1. The Kier molecular flexibility index (Phi) is 13.2. The van der Waals surface area contributed by atoms with Crippen molar-refractivity contribution in [2.24, 2.45) is 0 Å². The number of carbonyl (C=O) groups is 2. The van der Waals surface area contributed by atoms with Crippen LogP contribution < -0.4 is 5.32 Å². The van der Waals surface area contributed by atoms with Gasteiger partial charge >= 0.3 is 5.97 Å². The number of rotatable bonds is 16. The highest BCUT2D eigenvalue weighted by atomic mass is 32.2. The number of nitrogens with zero attached hydrogens (tertiary/aromatic N) is 1. The number of nitro groups is 1. The fourth-order valence-electron chi connectivity index (χ4n) is 4.58. The van der Waals surface area contributed by atoms with Gasteiger partial charge in [-0.3, -0.25) is 14.9 Å². The molecule has 3 aromatic rings. The molecule has 0 saturated carbocycles. The summed E-state index contributed by atoms with van der Waals surface area (Å²) in [7, 11) is 1.31. The van der Waals surface area contributed by atoms with Crippen LogP contribution in [0.3, 0.4) is 0 Å². The molecule has 9 nitrogen and oxygen atoms in total. The molecule has 0 aliphatic heterocycles. The van der Waals surface area contributed by atoms with E-state index >= 15 is 0 Å². The summed E-state index contributed by atoms with van der Waals surface area (Å²) in [5.74, 6) is 0.907. The predicted octanol–water partition coefficient (Wildman–Crippen LogP) is 7.52. The summed E-state index contributed by atoms with van der Waals surface area (Å²) in [6, 6.07) is 14.5. The fourth-order valence-corrected chi connectivity index (χ4v) is 5.05. The number of benzene rings is 2. The van der Waals surface area contributed by atoms with Crippen molar-refractivity contribution in [2.75, 3.05) is 19.1 Å². The van der Waals surface area contributed by atoms with Crippen LogP contribution in [0.2, 0.25) is 0 Å². The van der Waals surface area contributed by atoms with Crippen LogP contribution in [0.15, 0.2) is 89.4 Å². The minimum Gasteiger partial charge on any atom is -0.467 e. The van der Waals surface area contributed by atoms with Crippen LogP contribution in [0.4, 0.5) is 5.69 Å². The Hall–Kier alpha value is -4.41. The summed E-state index contributed by atoms with van der Waals surface area (Å²) in [5, 5.41) is 14.0. The molecule has 0 spiro atoms. The maximum absolute atomic E-state index is 13.5. The van der Waals surface area contributed by atoms with E-state index in [-0.39, 0.29) is 24.8 Å². The highest BCUT2D eigenvalue weighted by molar-refractivity contribution is 7.98. The number of ether oxygens (including phenoxy) is 2. The van der Waals surface area contributed by atoms with Crippen LogP contribution >= 0.6 is 11.8 Å². The van der Waals surface area contributed by atoms with Crippen molar-refractivity contribution < 1.29 is 28.4 Å². The highest BCUT2D eigenvalue weighted by Gasteiger charge is 2.24. The van der Waals surface area contributed by atoms with Gasteiger partial charge in [0.15, 0.2) is 0 Å². The number of thioether (sulfide) groups is 1. The predicted molar refractivity (Wildman–Crippen MR) is 174 cm³/mol. The molecule has 10 heteroatoms. The van der Waals surface area contributed by atoms with Crippen molar-refractivity contribution in [3.8, 4) is 11.3 Å². The topological polar surface area (TPSA) is 121 Å². The molecule has 0 aliphatic rings. The van der Waals surface area contributed by atoms with E-state index in [4.69, 9.17) is 13.9 Å². The summed E-state index contributed by atoms with van der Waals surface area (Å²) in [6.07, 6.45) is 8.86. The van der Waals surface area contributed by atoms with Crippen LogP contribution in [0.1, 0.15) is 53.9 Å². The van der Waals surface area contributed by atoms with Gasteiger partial charge in [0.25, 0.3) is 11.6 Å². The van der Waals surface area contributed by atoms with Crippen LogP contribution in [0.5, 0.6) is 0 Å². The van der Waals surface area contributed by atoms with Gasteiger partial charge in [-0.1, -0.05) is 36.4 Å². The Morgan fingerprint density at radius 2 is 1.93 bits per heavy atom. The number of carbonyl (C=O) groups excluding carboxylic acids is 2. The van der Waals surface area contributed by atoms with Crippen molar-refractivity contribution in [3.05, 3.63) is 118 Å².